The molecule has 1 aliphatic rings. The van der Waals surface area contributed by atoms with Crippen LogP contribution in [0.1, 0.15) is 25.3 Å². The summed E-state index contributed by atoms with van der Waals surface area (Å²) >= 11 is 7.94. The number of anilines is 2. The van der Waals surface area contributed by atoms with Gasteiger partial charge in [0.05, 0.1) is 5.39 Å². The van der Waals surface area contributed by atoms with Gasteiger partial charge in [-0.05, 0) is 40.8 Å². The topological polar surface area (TPSA) is 45.2 Å². The molecule has 7 heteroatoms. The van der Waals surface area contributed by atoms with Gasteiger partial charge in [-0.1, -0.05) is 44.2 Å². The van der Waals surface area contributed by atoms with E-state index in [-0.39, 0.29) is 0 Å². The summed E-state index contributed by atoms with van der Waals surface area (Å²) in [7, 11) is 0. The molecule has 0 atom stereocenters. The zero-order valence-electron chi connectivity index (χ0n) is 17.6. The van der Waals surface area contributed by atoms with E-state index >= 15 is 0 Å². The van der Waals surface area contributed by atoms with Crippen LogP contribution >= 0.6 is 22.9 Å². The third-order valence-electron chi connectivity index (χ3n) is 5.83. The van der Waals surface area contributed by atoms with Crippen molar-refractivity contribution in [3.63, 3.8) is 0 Å². The summed E-state index contributed by atoms with van der Waals surface area (Å²) < 4.78 is 0. The van der Waals surface area contributed by atoms with Gasteiger partial charge in [0, 0.05) is 43.3 Å². The number of hydrogen-bond acceptors (Lipinski definition) is 6. The molecule has 1 aliphatic heterocycles. The summed E-state index contributed by atoms with van der Waals surface area (Å²) in [5.41, 5.74) is 3.71. The highest BCUT2D eigenvalue weighted by molar-refractivity contribution is 7.17. The van der Waals surface area contributed by atoms with Crippen LogP contribution in [0.3, 0.4) is 0 Å². The average Bonchev–Trinajstić information content (AvgIpc) is 3.23. The van der Waals surface area contributed by atoms with Crippen LogP contribution in [0, 0.1) is 0 Å². The van der Waals surface area contributed by atoms with E-state index in [1.807, 2.05) is 18.3 Å². The number of aromatic nitrogens is 3. The van der Waals surface area contributed by atoms with E-state index in [9.17, 15) is 0 Å². The smallest absolute Gasteiger partial charge is 0.225 e. The number of rotatable bonds is 4. The molecule has 1 fully saturated rings. The van der Waals surface area contributed by atoms with Crippen molar-refractivity contribution >= 4 is 44.8 Å². The largest absolute Gasteiger partial charge is 0.353 e. The minimum absolute atomic E-state index is 0.304. The van der Waals surface area contributed by atoms with E-state index in [2.05, 4.69) is 74.3 Å². The van der Waals surface area contributed by atoms with E-state index in [4.69, 9.17) is 11.6 Å². The van der Waals surface area contributed by atoms with Crippen molar-refractivity contribution in [2.75, 3.05) is 36.0 Å². The first-order valence-corrected chi connectivity index (χ1v) is 11.8. The fourth-order valence-electron chi connectivity index (χ4n) is 4.08. The minimum Gasteiger partial charge on any atom is -0.353 e. The fraction of sp³-hybridized carbons (Fsp3) is 0.292. The normalized spacial score (nSPS) is 14.6. The Balaban J connectivity index is 1.48. The molecule has 3 aromatic heterocycles. The molecule has 4 heterocycles. The van der Waals surface area contributed by atoms with Gasteiger partial charge in [-0.15, -0.1) is 11.3 Å². The summed E-state index contributed by atoms with van der Waals surface area (Å²) in [6, 6.07) is 14.9. The van der Waals surface area contributed by atoms with E-state index in [0.29, 0.717) is 11.2 Å². The Morgan fingerprint density at radius 1 is 0.935 bits per heavy atom. The molecular formula is C24H24ClN5S. The second-order valence-corrected chi connectivity index (χ2v) is 9.28. The van der Waals surface area contributed by atoms with Crippen LogP contribution < -0.4 is 9.80 Å². The van der Waals surface area contributed by atoms with Crippen molar-refractivity contribution in [2.45, 2.75) is 19.8 Å². The van der Waals surface area contributed by atoms with Crippen LogP contribution in [0.25, 0.3) is 21.3 Å². The molecular weight excluding hydrogens is 426 g/mol. The van der Waals surface area contributed by atoms with Crippen LogP contribution in [0.15, 0.2) is 54.0 Å². The number of hydrogen-bond donors (Lipinski definition) is 0. The Kier molecular flexibility index (Phi) is 5.50. The number of pyridine rings is 1. The van der Waals surface area contributed by atoms with Crippen molar-refractivity contribution in [1.29, 1.82) is 0 Å². The molecule has 31 heavy (non-hydrogen) atoms. The quantitative estimate of drug-likeness (QED) is 0.365. The van der Waals surface area contributed by atoms with E-state index in [1.165, 1.54) is 16.7 Å². The Labute approximate surface area is 191 Å². The zero-order valence-corrected chi connectivity index (χ0v) is 19.2. The maximum Gasteiger partial charge on any atom is 0.225 e. The lowest BCUT2D eigenvalue weighted by Crippen LogP contribution is -2.47. The molecule has 0 amide bonds. The van der Waals surface area contributed by atoms with Crippen LogP contribution in [-0.2, 0) is 0 Å². The molecule has 0 spiro atoms. The molecule has 4 aromatic rings. The zero-order chi connectivity index (χ0) is 21.4. The maximum atomic E-state index is 6.32. The van der Waals surface area contributed by atoms with Gasteiger partial charge in [0.1, 0.15) is 16.5 Å². The Hall–Kier alpha value is -2.70. The van der Waals surface area contributed by atoms with Gasteiger partial charge < -0.3 is 9.80 Å². The predicted molar refractivity (Wildman–Crippen MR) is 131 cm³/mol. The van der Waals surface area contributed by atoms with Crippen molar-refractivity contribution < 1.29 is 0 Å². The lowest BCUT2D eigenvalue weighted by molar-refractivity contribution is 0.643. The van der Waals surface area contributed by atoms with Crippen molar-refractivity contribution in [3.05, 3.63) is 64.9 Å². The van der Waals surface area contributed by atoms with E-state index in [1.54, 1.807) is 11.3 Å². The molecule has 0 bridgehead atoms. The van der Waals surface area contributed by atoms with Crippen LogP contribution in [0.4, 0.5) is 11.6 Å². The monoisotopic (exact) mass is 449 g/mol. The molecule has 1 saturated heterocycles. The molecule has 0 radical (unpaired) electrons. The van der Waals surface area contributed by atoms with Gasteiger partial charge in [-0.2, -0.15) is 4.98 Å². The van der Waals surface area contributed by atoms with Gasteiger partial charge in [0.2, 0.25) is 5.28 Å². The minimum atomic E-state index is 0.304. The molecule has 1 aromatic carbocycles. The van der Waals surface area contributed by atoms with E-state index in [0.717, 1.165) is 48.0 Å². The summed E-state index contributed by atoms with van der Waals surface area (Å²) in [5.74, 6) is 2.47. The first-order chi connectivity index (χ1) is 15.1. The second-order valence-electron chi connectivity index (χ2n) is 8.08. The standard InChI is InChI=1S/C24H24ClN5S/c1-16(2)17-6-8-18(9-7-17)19-15-31-23-21(19)22(27-24(25)28-23)30-13-11-29(12-14-30)20-5-3-4-10-26-20/h3-10,15-16H,11-14H2,1-2H3. The third-order valence-corrected chi connectivity index (χ3v) is 6.87. The molecule has 0 unspecified atom stereocenters. The SMILES string of the molecule is CC(C)c1ccc(-c2csc3nc(Cl)nc(N4CCN(c5ccccn5)CC4)c23)cc1. The molecule has 5 rings (SSSR count). The van der Waals surface area contributed by atoms with Crippen LogP contribution in [-0.4, -0.2) is 41.1 Å². The number of thiophene rings is 1. The number of halogens is 1. The molecule has 0 saturated carbocycles. The number of nitrogens with zero attached hydrogens (tertiary/aromatic N) is 5. The highest BCUT2D eigenvalue weighted by atomic mass is 35.5. The Morgan fingerprint density at radius 3 is 2.35 bits per heavy atom. The lowest BCUT2D eigenvalue weighted by atomic mass is 9.99. The van der Waals surface area contributed by atoms with Gasteiger partial charge in [-0.3, -0.25) is 0 Å². The van der Waals surface area contributed by atoms with E-state index < -0.39 is 0 Å². The number of piperazine rings is 1. The first-order valence-electron chi connectivity index (χ1n) is 10.6. The van der Waals surface area contributed by atoms with Crippen molar-refractivity contribution in [1.82, 2.24) is 15.0 Å². The molecule has 5 nitrogen and oxygen atoms in total. The van der Waals surface area contributed by atoms with Gasteiger partial charge in [-0.25, -0.2) is 9.97 Å². The lowest BCUT2D eigenvalue weighted by Gasteiger charge is -2.36. The Bertz CT molecular complexity index is 1180. The summed E-state index contributed by atoms with van der Waals surface area (Å²) in [5, 5.41) is 3.57. The van der Waals surface area contributed by atoms with Crippen molar-refractivity contribution in [3.8, 4) is 11.1 Å². The summed E-state index contributed by atoms with van der Waals surface area (Å²) in [6.45, 7) is 7.94. The molecule has 0 N–H and O–H groups in total. The van der Waals surface area contributed by atoms with Gasteiger partial charge >= 0.3 is 0 Å². The Morgan fingerprint density at radius 2 is 1.68 bits per heavy atom. The average molecular weight is 450 g/mol. The van der Waals surface area contributed by atoms with Crippen LogP contribution in [0.5, 0.6) is 0 Å². The van der Waals surface area contributed by atoms with Crippen molar-refractivity contribution in [2.24, 2.45) is 0 Å². The maximum absolute atomic E-state index is 6.32. The molecule has 0 aliphatic carbocycles. The van der Waals surface area contributed by atoms with Crippen LogP contribution in [0.2, 0.25) is 5.28 Å². The number of benzene rings is 1. The van der Waals surface area contributed by atoms with Gasteiger partial charge in [0.25, 0.3) is 0 Å². The van der Waals surface area contributed by atoms with Gasteiger partial charge in [0.15, 0.2) is 0 Å². The predicted octanol–water partition coefficient (Wildman–Crippen LogP) is 5.86. The first kappa shape index (κ1) is 20.2. The fourth-order valence-corrected chi connectivity index (χ4v) is 5.23. The second kappa shape index (κ2) is 8.44. The number of fused-ring (bicyclic) bond motifs is 1. The summed E-state index contributed by atoms with van der Waals surface area (Å²) in [6.07, 6.45) is 1.84. The molecule has 158 valence electrons. The summed E-state index contributed by atoms with van der Waals surface area (Å²) in [4.78, 5) is 19.3. The third kappa shape index (κ3) is 3.98. The highest BCUT2D eigenvalue weighted by Gasteiger charge is 2.24. The highest BCUT2D eigenvalue weighted by Crippen LogP contribution is 2.39.